The molecule has 1 unspecified atom stereocenters. The molecular weight excluding hydrogens is 422 g/mol. The summed E-state index contributed by atoms with van der Waals surface area (Å²) in [4.78, 5) is 19.5. The van der Waals surface area contributed by atoms with Crippen LogP contribution in [0.5, 0.6) is 17.2 Å². The van der Waals surface area contributed by atoms with Gasteiger partial charge in [-0.1, -0.05) is 12.1 Å². The SMILES string of the molecule is COc1cc(C)ccc1OCC1CCN(CC(O)COc2ccc(C)c3[nH]c(=O)[nH]c23)CC1. The van der Waals surface area contributed by atoms with Crippen molar-refractivity contribution in [2.75, 3.05) is 40.0 Å². The van der Waals surface area contributed by atoms with Gasteiger partial charge in [-0.25, -0.2) is 4.79 Å². The van der Waals surface area contributed by atoms with E-state index in [0.717, 1.165) is 54.1 Å². The molecule has 8 heteroatoms. The highest BCUT2D eigenvalue weighted by Gasteiger charge is 2.22. The molecule has 0 aliphatic carbocycles. The maximum absolute atomic E-state index is 11.7. The highest BCUT2D eigenvalue weighted by Crippen LogP contribution is 2.29. The Balaban J connectivity index is 1.22. The van der Waals surface area contributed by atoms with E-state index >= 15 is 0 Å². The van der Waals surface area contributed by atoms with E-state index in [1.165, 1.54) is 0 Å². The number of rotatable bonds is 9. The number of aromatic amines is 2. The summed E-state index contributed by atoms with van der Waals surface area (Å²) in [6.45, 7) is 7.17. The minimum absolute atomic E-state index is 0.168. The van der Waals surface area contributed by atoms with Crippen molar-refractivity contribution in [1.82, 2.24) is 14.9 Å². The van der Waals surface area contributed by atoms with Gasteiger partial charge in [0.2, 0.25) is 0 Å². The summed E-state index contributed by atoms with van der Waals surface area (Å²) in [6, 6.07) is 9.69. The number of fused-ring (bicyclic) bond motifs is 1. The van der Waals surface area contributed by atoms with E-state index in [4.69, 9.17) is 14.2 Å². The van der Waals surface area contributed by atoms with Crippen molar-refractivity contribution in [2.45, 2.75) is 32.8 Å². The summed E-state index contributed by atoms with van der Waals surface area (Å²) in [5.74, 6) is 2.60. The van der Waals surface area contributed by atoms with E-state index in [1.807, 2.05) is 44.2 Å². The third-order valence-electron chi connectivity index (χ3n) is 6.25. The predicted octanol–water partition coefficient (Wildman–Crippen LogP) is 3.01. The van der Waals surface area contributed by atoms with Crippen LogP contribution in [0.2, 0.25) is 0 Å². The van der Waals surface area contributed by atoms with E-state index in [0.29, 0.717) is 30.3 Å². The molecule has 0 saturated carbocycles. The van der Waals surface area contributed by atoms with Crippen LogP contribution in [0, 0.1) is 19.8 Å². The van der Waals surface area contributed by atoms with Crippen LogP contribution in [0.1, 0.15) is 24.0 Å². The number of imidazole rings is 1. The Labute approximate surface area is 193 Å². The predicted molar refractivity (Wildman–Crippen MR) is 128 cm³/mol. The Kier molecular flexibility index (Phi) is 7.25. The molecule has 3 aromatic rings. The number of ether oxygens (including phenoxy) is 3. The van der Waals surface area contributed by atoms with E-state index < -0.39 is 6.10 Å². The van der Waals surface area contributed by atoms with E-state index in [9.17, 15) is 9.90 Å². The van der Waals surface area contributed by atoms with Gasteiger partial charge < -0.3 is 34.2 Å². The topological polar surface area (TPSA) is 99.8 Å². The van der Waals surface area contributed by atoms with Gasteiger partial charge in [0, 0.05) is 6.54 Å². The number of aliphatic hydroxyl groups is 1. The smallest absolute Gasteiger partial charge is 0.323 e. The number of aryl methyl sites for hydroxylation is 2. The fourth-order valence-corrected chi connectivity index (χ4v) is 4.33. The zero-order valence-electron chi connectivity index (χ0n) is 19.5. The number of aliphatic hydroxyl groups excluding tert-OH is 1. The van der Waals surface area contributed by atoms with Crippen molar-refractivity contribution in [1.29, 1.82) is 0 Å². The highest BCUT2D eigenvalue weighted by atomic mass is 16.5. The minimum Gasteiger partial charge on any atom is -0.493 e. The van der Waals surface area contributed by atoms with Crippen molar-refractivity contribution >= 4 is 11.0 Å². The number of nitrogens with zero attached hydrogens (tertiary/aromatic N) is 1. The van der Waals surface area contributed by atoms with Gasteiger partial charge in [0.15, 0.2) is 11.5 Å². The zero-order chi connectivity index (χ0) is 23.4. The second-order valence-corrected chi connectivity index (χ2v) is 8.88. The molecule has 1 fully saturated rings. The summed E-state index contributed by atoms with van der Waals surface area (Å²) >= 11 is 0. The first-order chi connectivity index (χ1) is 15.9. The second-order valence-electron chi connectivity index (χ2n) is 8.88. The number of nitrogens with one attached hydrogen (secondary N) is 2. The van der Waals surface area contributed by atoms with Crippen LogP contribution in [0.4, 0.5) is 0 Å². The second kappa shape index (κ2) is 10.3. The number of H-pyrrole nitrogens is 2. The number of methoxy groups -OCH3 is 1. The van der Waals surface area contributed by atoms with Crippen molar-refractivity contribution < 1.29 is 19.3 Å². The Morgan fingerprint density at radius 3 is 2.52 bits per heavy atom. The third-order valence-corrected chi connectivity index (χ3v) is 6.25. The summed E-state index contributed by atoms with van der Waals surface area (Å²) in [7, 11) is 1.66. The molecule has 1 saturated heterocycles. The Bertz CT molecular complexity index is 1130. The molecule has 1 atom stereocenters. The van der Waals surface area contributed by atoms with Crippen LogP contribution in [0.25, 0.3) is 11.0 Å². The molecule has 3 N–H and O–H groups in total. The molecule has 4 rings (SSSR count). The molecule has 8 nitrogen and oxygen atoms in total. The largest absolute Gasteiger partial charge is 0.493 e. The average molecular weight is 456 g/mol. The maximum atomic E-state index is 11.7. The van der Waals surface area contributed by atoms with Crippen LogP contribution < -0.4 is 19.9 Å². The lowest BCUT2D eigenvalue weighted by Gasteiger charge is -2.33. The number of hydrogen-bond acceptors (Lipinski definition) is 6. The number of likely N-dealkylation sites (tertiary alicyclic amines) is 1. The third kappa shape index (κ3) is 5.69. The Hall–Kier alpha value is -2.97. The normalized spacial score (nSPS) is 16.1. The van der Waals surface area contributed by atoms with Crippen molar-refractivity contribution in [2.24, 2.45) is 5.92 Å². The molecule has 1 aliphatic rings. The maximum Gasteiger partial charge on any atom is 0.323 e. The van der Waals surface area contributed by atoms with Crippen LogP contribution >= 0.6 is 0 Å². The molecule has 33 heavy (non-hydrogen) atoms. The number of β-amino-alcohol motifs (C(OH)–C–C–N with tert-alkyl or cyclic N) is 1. The molecule has 0 bridgehead atoms. The quantitative estimate of drug-likeness (QED) is 0.459. The van der Waals surface area contributed by atoms with Crippen LogP contribution in [-0.2, 0) is 0 Å². The lowest BCUT2D eigenvalue weighted by molar-refractivity contribution is 0.0505. The number of benzene rings is 2. The standard InChI is InChI=1S/C25H33N3O5/c1-16-4-6-20(22(12-16)31-3)32-14-18-8-10-28(11-9-18)13-19(29)15-33-21-7-5-17(2)23-24(21)27-25(30)26-23/h4-7,12,18-19,29H,8-11,13-15H2,1-3H3,(H2,26,27,30). The van der Waals surface area contributed by atoms with Gasteiger partial charge in [-0.3, -0.25) is 0 Å². The summed E-state index contributed by atoms with van der Waals surface area (Å²) < 4.78 is 17.3. The molecule has 1 aromatic heterocycles. The molecule has 1 aliphatic heterocycles. The first-order valence-corrected chi connectivity index (χ1v) is 11.4. The molecule has 0 radical (unpaired) electrons. The van der Waals surface area contributed by atoms with Crippen molar-refractivity contribution in [3.8, 4) is 17.2 Å². The van der Waals surface area contributed by atoms with Crippen molar-refractivity contribution in [3.63, 3.8) is 0 Å². The van der Waals surface area contributed by atoms with Gasteiger partial charge in [0.05, 0.1) is 19.2 Å². The van der Waals surface area contributed by atoms with Gasteiger partial charge in [0.25, 0.3) is 0 Å². The summed E-state index contributed by atoms with van der Waals surface area (Å²) in [5.41, 5.74) is 3.21. The number of hydrogen-bond donors (Lipinski definition) is 3. The fourth-order valence-electron chi connectivity index (χ4n) is 4.33. The van der Waals surface area contributed by atoms with Gasteiger partial charge in [-0.05, 0) is 75.0 Å². The molecular formula is C25H33N3O5. The van der Waals surface area contributed by atoms with Gasteiger partial charge >= 0.3 is 5.69 Å². The monoisotopic (exact) mass is 455 g/mol. The van der Waals surface area contributed by atoms with E-state index in [1.54, 1.807) is 7.11 Å². The molecule has 178 valence electrons. The first kappa shape index (κ1) is 23.2. The lowest BCUT2D eigenvalue weighted by Crippen LogP contribution is -2.41. The van der Waals surface area contributed by atoms with E-state index in [-0.39, 0.29) is 12.3 Å². The highest BCUT2D eigenvalue weighted by molar-refractivity contribution is 5.84. The first-order valence-electron chi connectivity index (χ1n) is 11.4. The Morgan fingerprint density at radius 1 is 1.03 bits per heavy atom. The number of piperidine rings is 1. The minimum atomic E-state index is -0.614. The fraction of sp³-hybridized carbons (Fsp3) is 0.480. The summed E-state index contributed by atoms with van der Waals surface area (Å²) in [5, 5.41) is 10.5. The van der Waals surface area contributed by atoms with Crippen molar-refractivity contribution in [3.05, 3.63) is 51.9 Å². The van der Waals surface area contributed by atoms with Gasteiger partial charge in [0.1, 0.15) is 24.0 Å². The average Bonchev–Trinajstić information content (AvgIpc) is 3.21. The molecule has 0 spiro atoms. The van der Waals surface area contributed by atoms with Crippen LogP contribution in [-0.4, -0.2) is 66.0 Å². The lowest BCUT2D eigenvalue weighted by atomic mass is 9.97. The Morgan fingerprint density at radius 2 is 1.76 bits per heavy atom. The molecule has 2 heterocycles. The molecule has 2 aromatic carbocycles. The van der Waals surface area contributed by atoms with Gasteiger partial charge in [-0.15, -0.1) is 0 Å². The molecule has 0 amide bonds. The van der Waals surface area contributed by atoms with Crippen LogP contribution in [0.3, 0.4) is 0 Å². The number of aromatic nitrogens is 2. The summed E-state index contributed by atoms with van der Waals surface area (Å²) in [6.07, 6.45) is 1.42. The zero-order valence-corrected chi connectivity index (χ0v) is 19.5. The van der Waals surface area contributed by atoms with Gasteiger partial charge in [-0.2, -0.15) is 0 Å². The van der Waals surface area contributed by atoms with E-state index in [2.05, 4.69) is 14.9 Å². The van der Waals surface area contributed by atoms with Crippen LogP contribution in [0.15, 0.2) is 35.1 Å².